The largest absolute Gasteiger partial charge is 0.294 e. The smallest absolute Gasteiger partial charge is 0.160 e. The maximum Gasteiger partial charge on any atom is 0.160 e. The molecule has 21 heavy (non-hydrogen) atoms. The minimum absolute atomic E-state index is 0.0734. The molecule has 1 aromatic carbocycles. The summed E-state index contributed by atoms with van der Waals surface area (Å²) in [7, 11) is 0. The second kappa shape index (κ2) is 6.93. The number of nitrogens with zero attached hydrogens (tertiary/aromatic N) is 2. The number of aliphatic imine (C=N–C) groups is 1. The lowest BCUT2D eigenvalue weighted by atomic mass is 9.97. The van der Waals surface area contributed by atoms with Crippen LogP contribution < -0.4 is 0 Å². The highest BCUT2D eigenvalue weighted by Gasteiger charge is 2.17. The average Bonchev–Trinajstić information content (AvgIpc) is 2.93. The number of benzene rings is 1. The van der Waals surface area contributed by atoms with Gasteiger partial charge in [-0.1, -0.05) is 38.1 Å². The maximum absolute atomic E-state index is 11.6. The van der Waals surface area contributed by atoms with E-state index in [0.29, 0.717) is 6.42 Å². The molecule has 3 rings (SSSR count). The van der Waals surface area contributed by atoms with Crippen molar-refractivity contribution in [2.24, 2.45) is 4.99 Å². The molecule has 1 aromatic heterocycles. The zero-order chi connectivity index (χ0) is 15.2. The summed E-state index contributed by atoms with van der Waals surface area (Å²) in [5.74, 6) is 0.0734. The zero-order valence-electron chi connectivity index (χ0n) is 12.8. The number of carbonyl (C=O) groups is 1. The number of hydrogen-bond acceptors (Lipinski definition) is 3. The molecule has 108 valence electrons. The maximum atomic E-state index is 11.6. The Morgan fingerprint density at radius 3 is 2.71 bits per heavy atom. The summed E-state index contributed by atoms with van der Waals surface area (Å²) < 4.78 is 0. The highest BCUT2D eigenvalue weighted by atomic mass is 16.1. The lowest BCUT2D eigenvalue weighted by molar-refractivity contribution is 0.101. The van der Waals surface area contributed by atoms with Crippen LogP contribution in [-0.2, 0) is 13.0 Å². The van der Waals surface area contributed by atoms with Gasteiger partial charge in [-0.05, 0) is 24.1 Å². The minimum atomic E-state index is 0.0734. The molecule has 0 radical (unpaired) electrons. The second-order valence-electron chi connectivity index (χ2n) is 4.69. The van der Waals surface area contributed by atoms with Crippen LogP contribution in [-0.4, -0.2) is 16.5 Å². The first kappa shape index (κ1) is 15.1. The van der Waals surface area contributed by atoms with Gasteiger partial charge in [-0.25, -0.2) is 0 Å². The van der Waals surface area contributed by atoms with Gasteiger partial charge in [0.25, 0.3) is 0 Å². The Labute approximate surface area is 125 Å². The van der Waals surface area contributed by atoms with E-state index in [9.17, 15) is 4.79 Å². The van der Waals surface area contributed by atoms with Gasteiger partial charge in [-0.3, -0.25) is 14.8 Å². The Hall–Kier alpha value is -2.29. The SMILES string of the molecule is CC.CC(=O)c1ccncc1CC1=NCc2ccccc21. The number of hydrogen-bond donors (Lipinski definition) is 0. The molecule has 0 N–H and O–H groups in total. The van der Waals surface area contributed by atoms with E-state index in [4.69, 9.17) is 0 Å². The molecule has 0 atom stereocenters. The van der Waals surface area contributed by atoms with E-state index >= 15 is 0 Å². The summed E-state index contributed by atoms with van der Waals surface area (Å²) in [5, 5.41) is 0. The van der Waals surface area contributed by atoms with Crippen LogP contribution in [0.1, 0.15) is 47.8 Å². The quantitative estimate of drug-likeness (QED) is 0.801. The number of Topliss-reactive ketones (excluding diaryl/α,β-unsaturated/α-hetero) is 1. The van der Waals surface area contributed by atoms with Crippen LogP contribution in [0, 0.1) is 0 Å². The van der Waals surface area contributed by atoms with E-state index in [1.54, 1.807) is 25.4 Å². The molecule has 0 saturated heterocycles. The van der Waals surface area contributed by atoms with Crippen molar-refractivity contribution in [2.75, 3.05) is 0 Å². The fraction of sp³-hybridized carbons (Fsp3) is 0.278. The van der Waals surface area contributed by atoms with Gasteiger partial charge in [0.05, 0.1) is 6.54 Å². The zero-order valence-corrected chi connectivity index (χ0v) is 12.8. The molecule has 1 aliphatic rings. The fourth-order valence-electron chi connectivity index (χ4n) is 2.45. The van der Waals surface area contributed by atoms with Gasteiger partial charge in [0.2, 0.25) is 0 Å². The number of fused-ring (bicyclic) bond motifs is 1. The summed E-state index contributed by atoms with van der Waals surface area (Å²) in [4.78, 5) is 20.3. The van der Waals surface area contributed by atoms with E-state index in [-0.39, 0.29) is 5.78 Å². The van der Waals surface area contributed by atoms with Crippen LogP contribution in [0.5, 0.6) is 0 Å². The Bertz CT molecular complexity index is 674. The molecule has 0 bridgehead atoms. The van der Waals surface area contributed by atoms with Crippen LogP contribution >= 0.6 is 0 Å². The van der Waals surface area contributed by atoms with Gasteiger partial charge >= 0.3 is 0 Å². The molecule has 0 fully saturated rings. The predicted molar refractivity (Wildman–Crippen MR) is 86.0 cm³/mol. The van der Waals surface area contributed by atoms with Gasteiger partial charge in [-0.15, -0.1) is 0 Å². The lowest BCUT2D eigenvalue weighted by Gasteiger charge is -2.07. The number of pyridine rings is 1. The molecule has 0 amide bonds. The Kier molecular flexibility index (Phi) is 4.99. The van der Waals surface area contributed by atoms with Gasteiger partial charge in [-0.2, -0.15) is 0 Å². The van der Waals surface area contributed by atoms with Crippen molar-refractivity contribution >= 4 is 11.5 Å². The van der Waals surface area contributed by atoms with Crippen molar-refractivity contribution in [1.29, 1.82) is 0 Å². The van der Waals surface area contributed by atoms with Gasteiger partial charge < -0.3 is 0 Å². The van der Waals surface area contributed by atoms with Crippen molar-refractivity contribution in [1.82, 2.24) is 4.98 Å². The van der Waals surface area contributed by atoms with Gasteiger partial charge in [0.15, 0.2) is 5.78 Å². The fourth-order valence-corrected chi connectivity index (χ4v) is 2.45. The van der Waals surface area contributed by atoms with Crippen molar-refractivity contribution < 1.29 is 4.79 Å². The minimum Gasteiger partial charge on any atom is -0.294 e. The van der Waals surface area contributed by atoms with E-state index < -0.39 is 0 Å². The van der Waals surface area contributed by atoms with E-state index in [2.05, 4.69) is 22.1 Å². The normalized spacial score (nSPS) is 12.0. The summed E-state index contributed by atoms with van der Waals surface area (Å²) in [5.41, 5.74) is 5.19. The third-order valence-corrected chi connectivity index (χ3v) is 3.41. The molecule has 0 saturated carbocycles. The summed E-state index contributed by atoms with van der Waals surface area (Å²) in [6.45, 7) is 6.32. The standard InChI is InChI=1S/C16H14N2O.C2H6/c1-11(19)14-6-7-17-9-13(14)8-16-15-5-3-2-4-12(15)10-18-16;1-2/h2-7,9H,8,10H2,1H3;1-2H3. The topological polar surface area (TPSA) is 42.3 Å². The number of ketones is 1. The Morgan fingerprint density at radius 2 is 1.95 bits per heavy atom. The van der Waals surface area contributed by atoms with Crippen LogP contribution in [0.3, 0.4) is 0 Å². The molecular formula is C18H20N2O. The summed E-state index contributed by atoms with van der Waals surface area (Å²) >= 11 is 0. The molecular weight excluding hydrogens is 260 g/mol. The van der Waals surface area contributed by atoms with Crippen LogP contribution in [0.25, 0.3) is 0 Å². The van der Waals surface area contributed by atoms with Crippen LogP contribution in [0.2, 0.25) is 0 Å². The van der Waals surface area contributed by atoms with Gasteiger partial charge in [0.1, 0.15) is 0 Å². The van der Waals surface area contributed by atoms with Crippen LogP contribution in [0.4, 0.5) is 0 Å². The monoisotopic (exact) mass is 280 g/mol. The van der Waals surface area contributed by atoms with Crippen molar-refractivity contribution in [3.8, 4) is 0 Å². The molecule has 0 spiro atoms. The molecule has 2 aromatic rings. The van der Waals surface area contributed by atoms with Crippen molar-refractivity contribution in [3.05, 3.63) is 65.0 Å². The number of rotatable bonds is 3. The van der Waals surface area contributed by atoms with E-state index in [0.717, 1.165) is 23.4 Å². The van der Waals surface area contributed by atoms with E-state index in [1.165, 1.54) is 11.1 Å². The van der Waals surface area contributed by atoms with Gasteiger partial charge in [0, 0.05) is 35.7 Å². The third kappa shape index (κ3) is 3.24. The summed E-state index contributed by atoms with van der Waals surface area (Å²) in [6, 6.07) is 10.0. The van der Waals surface area contributed by atoms with Crippen molar-refractivity contribution in [3.63, 3.8) is 0 Å². The molecule has 3 heteroatoms. The van der Waals surface area contributed by atoms with Crippen LogP contribution in [0.15, 0.2) is 47.7 Å². The first-order valence-electron chi connectivity index (χ1n) is 7.31. The molecule has 0 aliphatic carbocycles. The van der Waals surface area contributed by atoms with E-state index in [1.807, 2.05) is 26.0 Å². The first-order valence-corrected chi connectivity index (χ1v) is 7.31. The highest BCUT2D eigenvalue weighted by Crippen LogP contribution is 2.21. The second-order valence-corrected chi connectivity index (χ2v) is 4.69. The highest BCUT2D eigenvalue weighted by molar-refractivity contribution is 6.06. The molecule has 2 heterocycles. The number of aromatic nitrogens is 1. The molecule has 1 aliphatic heterocycles. The van der Waals surface area contributed by atoms with Crippen molar-refractivity contribution in [2.45, 2.75) is 33.7 Å². The lowest BCUT2D eigenvalue weighted by Crippen LogP contribution is -2.08. The Morgan fingerprint density at radius 1 is 1.19 bits per heavy atom. The predicted octanol–water partition coefficient (Wildman–Crippen LogP) is 3.86. The summed E-state index contributed by atoms with van der Waals surface area (Å²) in [6.07, 6.45) is 4.09. The number of carbonyl (C=O) groups excluding carboxylic acids is 1. The first-order chi connectivity index (χ1) is 10.3. The molecule has 3 nitrogen and oxygen atoms in total. The third-order valence-electron chi connectivity index (χ3n) is 3.41. The Balaban J connectivity index is 0.000000774. The molecule has 0 unspecified atom stereocenters. The average molecular weight is 280 g/mol.